The van der Waals surface area contributed by atoms with Gasteiger partial charge >= 0.3 is 18.3 Å². The van der Waals surface area contributed by atoms with Crippen LogP contribution in [0, 0.1) is 0 Å². The molecular weight excluding hydrogens is 338 g/mol. The molecule has 1 aromatic carbocycles. The van der Waals surface area contributed by atoms with Crippen molar-refractivity contribution in [1.82, 2.24) is 0 Å². The lowest BCUT2D eigenvalue weighted by Crippen LogP contribution is -2.53. The van der Waals surface area contributed by atoms with Gasteiger partial charge in [0, 0.05) is 16.9 Å². The Hall–Kier alpha value is -1.42. The van der Waals surface area contributed by atoms with Crippen LogP contribution in [0.25, 0.3) is 0 Å². The standard InChI is InChI=1S/C12H10F6O3S/c13-11(14,15)10(21,12(16,17)18)7-3-1-6(8(22)5-7)2-4-9(19)20/h1,3,5,21-22H,2,4H2,(H,19,20). The first-order valence-corrected chi connectivity index (χ1v) is 6.15. The molecule has 0 spiro atoms. The first-order valence-electron chi connectivity index (χ1n) is 5.70. The van der Waals surface area contributed by atoms with Crippen LogP contribution in [0.3, 0.4) is 0 Å². The van der Waals surface area contributed by atoms with E-state index in [4.69, 9.17) is 5.11 Å². The van der Waals surface area contributed by atoms with E-state index in [0.29, 0.717) is 12.1 Å². The number of hydrogen-bond acceptors (Lipinski definition) is 3. The second kappa shape index (κ2) is 5.99. The molecule has 0 aliphatic rings. The zero-order chi connectivity index (χ0) is 17.3. The predicted octanol–water partition coefficient (Wildman–Crippen LogP) is 3.30. The third-order valence-electron chi connectivity index (χ3n) is 2.93. The van der Waals surface area contributed by atoms with Gasteiger partial charge in [-0.15, -0.1) is 12.6 Å². The molecule has 2 N–H and O–H groups in total. The van der Waals surface area contributed by atoms with E-state index in [0.717, 1.165) is 6.07 Å². The average molecular weight is 348 g/mol. The normalized spacial score (nSPS) is 13.3. The Labute approximate surface area is 126 Å². The van der Waals surface area contributed by atoms with Crippen molar-refractivity contribution in [1.29, 1.82) is 0 Å². The highest BCUT2D eigenvalue weighted by molar-refractivity contribution is 7.80. The van der Waals surface area contributed by atoms with E-state index < -0.39 is 29.5 Å². The largest absolute Gasteiger partial charge is 0.481 e. The van der Waals surface area contributed by atoms with Gasteiger partial charge in [0.25, 0.3) is 5.60 Å². The summed E-state index contributed by atoms with van der Waals surface area (Å²) in [5.41, 5.74) is -6.30. The maximum absolute atomic E-state index is 12.7. The summed E-state index contributed by atoms with van der Waals surface area (Å²) in [4.78, 5) is 10.1. The van der Waals surface area contributed by atoms with Crippen molar-refractivity contribution in [2.45, 2.75) is 35.7 Å². The van der Waals surface area contributed by atoms with Crippen LogP contribution < -0.4 is 0 Å². The van der Waals surface area contributed by atoms with E-state index in [1.165, 1.54) is 0 Å². The maximum atomic E-state index is 12.7. The highest BCUT2D eigenvalue weighted by atomic mass is 32.1. The Bertz CT molecular complexity index is 553. The van der Waals surface area contributed by atoms with Crippen molar-refractivity contribution in [3.05, 3.63) is 29.3 Å². The van der Waals surface area contributed by atoms with Crippen LogP contribution in [0.4, 0.5) is 26.3 Å². The number of thiol groups is 1. The van der Waals surface area contributed by atoms with Gasteiger partial charge in [-0.05, 0) is 18.1 Å². The fourth-order valence-electron chi connectivity index (χ4n) is 1.73. The number of carbonyl (C=O) groups is 1. The monoisotopic (exact) mass is 348 g/mol. The molecule has 0 bridgehead atoms. The molecule has 0 aromatic heterocycles. The summed E-state index contributed by atoms with van der Waals surface area (Å²) in [6.45, 7) is 0. The Kier molecular flexibility index (Phi) is 5.08. The number of alkyl halides is 6. The zero-order valence-electron chi connectivity index (χ0n) is 10.7. The molecular formula is C12H10F6O3S. The van der Waals surface area contributed by atoms with Crippen molar-refractivity contribution < 1.29 is 41.4 Å². The number of aliphatic carboxylic acids is 1. The summed E-state index contributed by atoms with van der Waals surface area (Å²) in [5, 5.41) is 17.7. The van der Waals surface area contributed by atoms with E-state index in [1.54, 1.807) is 0 Å². The summed E-state index contributed by atoms with van der Waals surface area (Å²) in [6.07, 6.45) is -12.4. The highest BCUT2D eigenvalue weighted by Crippen LogP contribution is 2.50. The number of rotatable bonds is 4. The lowest BCUT2D eigenvalue weighted by molar-refractivity contribution is -0.376. The number of hydrogen-bond donors (Lipinski definition) is 3. The molecule has 0 fully saturated rings. The number of aryl methyl sites for hydroxylation is 1. The number of benzene rings is 1. The Balaban J connectivity index is 3.30. The van der Waals surface area contributed by atoms with E-state index in [2.05, 4.69) is 12.6 Å². The highest BCUT2D eigenvalue weighted by Gasteiger charge is 2.71. The Morgan fingerprint density at radius 3 is 1.95 bits per heavy atom. The SMILES string of the molecule is O=C(O)CCc1ccc(C(O)(C(F)(F)F)C(F)(F)F)cc1S. The Morgan fingerprint density at radius 1 is 1.09 bits per heavy atom. The van der Waals surface area contributed by atoms with Gasteiger partial charge in [-0.1, -0.05) is 12.1 Å². The van der Waals surface area contributed by atoms with Crippen molar-refractivity contribution in [3.63, 3.8) is 0 Å². The smallest absolute Gasteiger partial charge is 0.430 e. The van der Waals surface area contributed by atoms with Gasteiger partial charge in [0.15, 0.2) is 0 Å². The summed E-state index contributed by atoms with van der Waals surface area (Å²) < 4.78 is 76.2. The first kappa shape index (κ1) is 18.6. The fourth-order valence-corrected chi connectivity index (χ4v) is 2.06. The second-order valence-electron chi connectivity index (χ2n) is 4.44. The molecule has 124 valence electrons. The van der Waals surface area contributed by atoms with Gasteiger partial charge in [-0.3, -0.25) is 4.79 Å². The van der Waals surface area contributed by atoms with Gasteiger partial charge in [0.2, 0.25) is 0 Å². The second-order valence-corrected chi connectivity index (χ2v) is 4.92. The minimum atomic E-state index is -5.98. The summed E-state index contributed by atoms with van der Waals surface area (Å²) in [5.74, 6) is -1.18. The topological polar surface area (TPSA) is 57.5 Å². The molecule has 3 nitrogen and oxygen atoms in total. The van der Waals surface area contributed by atoms with E-state index in [9.17, 15) is 36.2 Å². The quantitative estimate of drug-likeness (QED) is 0.578. The van der Waals surface area contributed by atoms with Gasteiger partial charge in [0.05, 0.1) is 0 Å². The van der Waals surface area contributed by atoms with Crippen molar-refractivity contribution >= 4 is 18.6 Å². The fraction of sp³-hybridized carbons (Fsp3) is 0.417. The van der Waals surface area contributed by atoms with Crippen LogP contribution in [0.5, 0.6) is 0 Å². The van der Waals surface area contributed by atoms with E-state index in [1.807, 2.05) is 0 Å². The minimum Gasteiger partial charge on any atom is -0.481 e. The number of aliphatic hydroxyl groups is 1. The van der Waals surface area contributed by atoms with Crippen molar-refractivity contribution in [3.8, 4) is 0 Å². The van der Waals surface area contributed by atoms with Crippen LogP contribution in [0.2, 0.25) is 0 Å². The molecule has 1 aromatic rings. The third kappa shape index (κ3) is 3.49. The molecule has 0 aliphatic heterocycles. The third-order valence-corrected chi connectivity index (χ3v) is 3.35. The number of carboxylic acid groups (broad SMARTS) is 1. The van der Waals surface area contributed by atoms with Crippen molar-refractivity contribution in [2.75, 3.05) is 0 Å². The predicted molar refractivity (Wildman–Crippen MR) is 65.7 cm³/mol. The number of carboxylic acids is 1. The van der Waals surface area contributed by atoms with Gasteiger partial charge in [0.1, 0.15) is 0 Å². The molecule has 0 atom stereocenters. The molecule has 1 rings (SSSR count). The van der Waals surface area contributed by atoms with Crippen LogP contribution in [0.15, 0.2) is 23.1 Å². The van der Waals surface area contributed by atoms with E-state index in [-0.39, 0.29) is 23.3 Å². The van der Waals surface area contributed by atoms with Gasteiger partial charge < -0.3 is 10.2 Å². The average Bonchev–Trinajstić information content (AvgIpc) is 2.33. The lowest BCUT2D eigenvalue weighted by Gasteiger charge is -2.33. The zero-order valence-corrected chi connectivity index (χ0v) is 11.6. The van der Waals surface area contributed by atoms with Gasteiger partial charge in [-0.25, -0.2) is 0 Å². The van der Waals surface area contributed by atoms with Crippen LogP contribution in [0.1, 0.15) is 17.5 Å². The molecule has 0 heterocycles. The maximum Gasteiger partial charge on any atom is 0.430 e. The summed E-state index contributed by atoms with van der Waals surface area (Å²) in [7, 11) is 0. The lowest BCUT2D eigenvalue weighted by atomic mass is 9.91. The van der Waals surface area contributed by atoms with Gasteiger partial charge in [-0.2, -0.15) is 26.3 Å². The molecule has 0 saturated heterocycles. The van der Waals surface area contributed by atoms with E-state index >= 15 is 0 Å². The first-order chi connectivity index (χ1) is 9.80. The minimum absolute atomic E-state index is 0.120. The molecule has 0 aliphatic carbocycles. The molecule has 22 heavy (non-hydrogen) atoms. The molecule has 0 amide bonds. The number of halogens is 6. The van der Waals surface area contributed by atoms with Crippen LogP contribution >= 0.6 is 12.6 Å². The molecule has 0 unspecified atom stereocenters. The van der Waals surface area contributed by atoms with Crippen LogP contribution in [-0.2, 0) is 16.8 Å². The molecule has 0 saturated carbocycles. The summed E-state index contributed by atoms with van der Waals surface area (Å²) in [6, 6.07) is 1.77. The van der Waals surface area contributed by atoms with Crippen molar-refractivity contribution in [2.24, 2.45) is 0 Å². The van der Waals surface area contributed by atoms with Crippen LogP contribution in [-0.4, -0.2) is 28.5 Å². The summed E-state index contributed by atoms with van der Waals surface area (Å²) >= 11 is 3.75. The Morgan fingerprint density at radius 2 is 1.59 bits per heavy atom. The molecule has 0 radical (unpaired) electrons. The molecule has 10 heteroatoms.